The molecule has 1 atom stereocenters. The van der Waals surface area contributed by atoms with Gasteiger partial charge in [-0.05, 0) is 56.2 Å². The third kappa shape index (κ3) is 3.36. The molecule has 3 heterocycles. The van der Waals surface area contributed by atoms with Crippen LogP contribution in [0, 0.1) is 0 Å². The maximum atomic E-state index is 10.6. The molecule has 1 fully saturated rings. The molecule has 31 heavy (non-hydrogen) atoms. The number of likely N-dealkylation sites (tertiary alicyclic amines) is 1. The van der Waals surface area contributed by atoms with Gasteiger partial charge in [-0.1, -0.05) is 30.3 Å². The number of aliphatic hydroxyl groups is 1. The van der Waals surface area contributed by atoms with Gasteiger partial charge >= 0.3 is 0 Å². The molecule has 5 nitrogen and oxygen atoms in total. The molecule has 5 rings (SSSR count). The lowest BCUT2D eigenvalue weighted by Crippen LogP contribution is -2.53. The van der Waals surface area contributed by atoms with Crippen LogP contribution in [0.4, 0.5) is 0 Å². The average Bonchev–Trinajstić information content (AvgIpc) is 3.09. The molecule has 0 bridgehead atoms. The zero-order valence-corrected chi connectivity index (χ0v) is 18.8. The summed E-state index contributed by atoms with van der Waals surface area (Å²) in [5.41, 5.74) is 5.34. The summed E-state index contributed by atoms with van der Waals surface area (Å²) in [5.74, 6) is 0.879. The maximum Gasteiger partial charge on any atom is 0.120 e. The average molecular weight is 420 g/mol. The number of methoxy groups -OCH3 is 1. The van der Waals surface area contributed by atoms with Crippen LogP contribution in [0.1, 0.15) is 35.7 Å². The summed E-state index contributed by atoms with van der Waals surface area (Å²) >= 11 is 0. The van der Waals surface area contributed by atoms with Crippen molar-refractivity contribution in [3.63, 3.8) is 0 Å². The van der Waals surface area contributed by atoms with Gasteiger partial charge in [-0.3, -0.25) is 4.90 Å². The van der Waals surface area contributed by atoms with E-state index in [1.807, 2.05) is 0 Å². The van der Waals surface area contributed by atoms with Gasteiger partial charge in [0.2, 0.25) is 0 Å². The van der Waals surface area contributed by atoms with Crippen LogP contribution < -0.4 is 4.74 Å². The summed E-state index contributed by atoms with van der Waals surface area (Å²) in [7, 11) is 6.10. The summed E-state index contributed by atoms with van der Waals surface area (Å²) in [4.78, 5) is 4.96. The minimum Gasteiger partial charge on any atom is -0.497 e. The quantitative estimate of drug-likeness (QED) is 0.700. The molecule has 164 valence electrons. The number of rotatable bonds is 4. The number of benzene rings is 2. The van der Waals surface area contributed by atoms with Crippen molar-refractivity contribution in [2.45, 2.75) is 30.8 Å². The van der Waals surface area contributed by atoms with Gasteiger partial charge in [0, 0.05) is 42.7 Å². The smallest absolute Gasteiger partial charge is 0.120 e. The van der Waals surface area contributed by atoms with Gasteiger partial charge in [-0.25, -0.2) is 0 Å². The fourth-order valence-electron chi connectivity index (χ4n) is 5.90. The number of fused-ring (bicyclic) bond motifs is 4. The predicted molar refractivity (Wildman–Crippen MR) is 125 cm³/mol. The number of aryl methyl sites for hydroxylation is 1. The Labute approximate surface area is 184 Å². The molecule has 0 unspecified atom stereocenters. The van der Waals surface area contributed by atoms with E-state index in [-0.39, 0.29) is 18.1 Å². The van der Waals surface area contributed by atoms with Gasteiger partial charge in [-0.15, -0.1) is 0 Å². The summed E-state index contributed by atoms with van der Waals surface area (Å²) in [5, 5.41) is 11.9. The highest BCUT2D eigenvalue weighted by atomic mass is 16.5. The Hall–Kier alpha value is -2.34. The highest BCUT2D eigenvalue weighted by Crippen LogP contribution is 2.50. The van der Waals surface area contributed by atoms with Gasteiger partial charge in [0.1, 0.15) is 5.75 Å². The second-order valence-electron chi connectivity index (χ2n) is 9.37. The van der Waals surface area contributed by atoms with E-state index in [2.05, 4.69) is 77.0 Å². The first-order valence-corrected chi connectivity index (χ1v) is 11.3. The number of nitrogens with zero attached hydrogens (tertiary/aromatic N) is 3. The molecule has 1 N–H and O–H groups in total. The highest BCUT2D eigenvalue weighted by Gasteiger charge is 2.47. The minimum atomic E-state index is -0.0103. The Bertz CT molecular complexity index is 1070. The van der Waals surface area contributed by atoms with Gasteiger partial charge in [0.05, 0.1) is 25.3 Å². The lowest BCUT2D eigenvalue weighted by atomic mass is 9.68. The summed E-state index contributed by atoms with van der Waals surface area (Å²) < 4.78 is 7.84. The van der Waals surface area contributed by atoms with Gasteiger partial charge < -0.3 is 19.3 Å². The molecule has 2 aliphatic heterocycles. The fourth-order valence-corrected chi connectivity index (χ4v) is 5.90. The summed E-state index contributed by atoms with van der Waals surface area (Å²) in [6, 6.07) is 17.1. The van der Waals surface area contributed by atoms with Crippen molar-refractivity contribution >= 4 is 10.9 Å². The lowest BCUT2D eigenvalue weighted by molar-refractivity contribution is 0.0456. The van der Waals surface area contributed by atoms with Crippen molar-refractivity contribution in [3.05, 3.63) is 65.4 Å². The molecule has 5 heteroatoms. The Morgan fingerprint density at radius 2 is 1.81 bits per heavy atom. The summed E-state index contributed by atoms with van der Waals surface area (Å²) in [6.07, 6.45) is 2.29. The number of ether oxygens (including phenoxy) is 1. The molecule has 2 aromatic carbocycles. The normalized spacial score (nSPS) is 21.5. The van der Waals surface area contributed by atoms with Crippen LogP contribution in [0.2, 0.25) is 0 Å². The number of hydrogen-bond donors (Lipinski definition) is 1. The van der Waals surface area contributed by atoms with Crippen LogP contribution in [0.5, 0.6) is 5.75 Å². The second kappa shape index (κ2) is 7.97. The zero-order chi connectivity index (χ0) is 21.6. The van der Waals surface area contributed by atoms with Crippen LogP contribution in [0.3, 0.4) is 0 Å². The zero-order valence-electron chi connectivity index (χ0n) is 18.8. The van der Waals surface area contributed by atoms with Gasteiger partial charge in [0.25, 0.3) is 0 Å². The molecule has 0 saturated carbocycles. The second-order valence-corrected chi connectivity index (χ2v) is 9.37. The molecule has 1 spiro atoms. The first-order valence-electron chi connectivity index (χ1n) is 11.3. The van der Waals surface area contributed by atoms with Crippen LogP contribution in [0.15, 0.2) is 48.5 Å². The molecule has 0 aliphatic carbocycles. The SMILES string of the molecule is COc1ccc2c3c(n(C)c2c1)[C@H](CO)N(Cc1ccccc1)CC31CCN(C)CC1. The minimum absolute atomic E-state index is 0.0103. The summed E-state index contributed by atoms with van der Waals surface area (Å²) in [6.45, 7) is 4.17. The van der Waals surface area contributed by atoms with E-state index in [4.69, 9.17) is 4.74 Å². The Balaban J connectivity index is 1.69. The Morgan fingerprint density at radius 1 is 1.06 bits per heavy atom. The topological polar surface area (TPSA) is 40.9 Å². The molecular formula is C26H33N3O2. The lowest BCUT2D eigenvalue weighted by Gasteiger charge is -2.50. The third-order valence-corrected chi connectivity index (χ3v) is 7.59. The monoisotopic (exact) mass is 419 g/mol. The van der Waals surface area contributed by atoms with E-state index in [0.29, 0.717) is 0 Å². The first kappa shape index (κ1) is 20.6. The number of piperidine rings is 1. The molecule has 3 aromatic rings. The van der Waals surface area contributed by atoms with E-state index in [1.165, 1.54) is 27.7 Å². The van der Waals surface area contributed by atoms with Crippen LogP contribution >= 0.6 is 0 Å². The van der Waals surface area contributed by atoms with Crippen molar-refractivity contribution in [2.75, 3.05) is 40.4 Å². The molecule has 1 aromatic heterocycles. The van der Waals surface area contributed by atoms with Crippen molar-refractivity contribution < 1.29 is 9.84 Å². The third-order valence-electron chi connectivity index (χ3n) is 7.59. The predicted octanol–water partition coefficient (Wildman–Crippen LogP) is 3.70. The van der Waals surface area contributed by atoms with Crippen LogP contribution in [-0.4, -0.2) is 59.9 Å². The molecule has 0 radical (unpaired) electrons. The van der Waals surface area contributed by atoms with Crippen molar-refractivity contribution in [1.29, 1.82) is 0 Å². The number of aromatic nitrogens is 1. The molecule has 2 aliphatic rings. The largest absolute Gasteiger partial charge is 0.497 e. The Kier molecular flexibility index (Phi) is 5.29. The standard InChI is InChI=1S/C26H33N3O2/c1-27-13-11-26(12-14-27)18-29(16-19-7-5-4-6-8-19)23(17-30)25-24(26)21-10-9-20(31-3)15-22(21)28(25)2/h4-10,15,23,30H,11-14,16-18H2,1-3H3/t23-/m0/s1. The van der Waals surface area contributed by atoms with E-state index < -0.39 is 0 Å². The molecule has 1 saturated heterocycles. The Morgan fingerprint density at radius 3 is 2.48 bits per heavy atom. The van der Waals surface area contributed by atoms with E-state index in [0.717, 1.165) is 44.8 Å². The van der Waals surface area contributed by atoms with Crippen LogP contribution in [0.25, 0.3) is 10.9 Å². The van der Waals surface area contributed by atoms with Crippen molar-refractivity contribution in [2.24, 2.45) is 7.05 Å². The van der Waals surface area contributed by atoms with E-state index in [1.54, 1.807) is 7.11 Å². The van der Waals surface area contributed by atoms with Crippen LogP contribution in [-0.2, 0) is 19.0 Å². The van der Waals surface area contributed by atoms with Gasteiger partial charge in [0.15, 0.2) is 0 Å². The van der Waals surface area contributed by atoms with Crippen molar-refractivity contribution in [1.82, 2.24) is 14.4 Å². The molecular weight excluding hydrogens is 386 g/mol. The molecule has 0 amide bonds. The van der Waals surface area contributed by atoms with Gasteiger partial charge in [-0.2, -0.15) is 0 Å². The fraction of sp³-hybridized carbons (Fsp3) is 0.462. The number of aliphatic hydroxyl groups excluding tert-OH is 1. The number of hydrogen-bond acceptors (Lipinski definition) is 4. The maximum absolute atomic E-state index is 10.6. The van der Waals surface area contributed by atoms with Crippen molar-refractivity contribution in [3.8, 4) is 5.75 Å². The van der Waals surface area contributed by atoms with E-state index in [9.17, 15) is 5.11 Å². The van der Waals surface area contributed by atoms with E-state index >= 15 is 0 Å². The highest BCUT2D eigenvalue weighted by molar-refractivity contribution is 5.88. The first-order chi connectivity index (χ1) is 15.1.